The second-order valence-corrected chi connectivity index (χ2v) is 5.71. The third-order valence-electron chi connectivity index (χ3n) is 3.76. The van der Waals surface area contributed by atoms with Crippen LogP contribution in [0.4, 0.5) is 13.2 Å². The van der Waals surface area contributed by atoms with E-state index < -0.39 is 11.7 Å². The van der Waals surface area contributed by atoms with Crippen molar-refractivity contribution in [2.24, 2.45) is 0 Å². The van der Waals surface area contributed by atoms with Crippen molar-refractivity contribution in [2.45, 2.75) is 33.0 Å². The fourth-order valence-electron chi connectivity index (χ4n) is 2.57. The fourth-order valence-corrected chi connectivity index (χ4v) is 2.57. The number of esters is 1. The number of alkyl halides is 3. The molecule has 0 bridgehead atoms. The van der Waals surface area contributed by atoms with Gasteiger partial charge in [-0.15, -0.1) is 24.8 Å². The van der Waals surface area contributed by atoms with Crippen LogP contribution in [0.3, 0.4) is 0 Å². The van der Waals surface area contributed by atoms with Gasteiger partial charge in [0.2, 0.25) is 0 Å². The maximum Gasteiger partial charge on any atom is 0.416 e. The molecule has 0 atom stereocenters. The molecule has 4 nitrogen and oxygen atoms in total. The summed E-state index contributed by atoms with van der Waals surface area (Å²) < 4.78 is 44.0. The number of carbonyl (C=O) groups excluding carboxylic acids is 1. The molecule has 2 aromatic rings. The molecule has 2 rings (SSSR count). The lowest BCUT2D eigenvalue weighted by Crippen LogP contribution is -2.14. The Balaban J connectivity index is 0.00000364. The van der Waals surface area contributed by atoms with Gasteiger partial charge in [0, 0.05) is 24.5 Å². The standard InChI is InChI=1S/C19H21F3N2O2.2ClH/c1-3-23-11-15-9-16(19(20,21)22)5-6-17(15)14-7-13(10-24-12-14)8-18(25)26-4-2;;/h5-7,9-10,12,23H,3-4,8,11H2,1-2H3;2*1H. The number of halogens is 5. The molecule has 0 saturated heterocycles. The van der Waals surface area contributed by atoms with E-state index >= 15 is 0 Å². The van der Waals surface area contributed by atoms with E-state index in [1.807, 2.05) is 6.92 Å². The molecule has 1 heterocycles. The van der Waals surface area contributed by atoms with Crippen LogP contribution in [0.1, 0.15) is 30.5 Å². The average Bonchev–Trinajstić information content (AvgIpc) is 2.59. The smallest absolute Gasteiger partial charge is 0.416 e. The van der Waals surface area contributed by atoms with Gasteiger partial charge >= 0.3 is 12.1 Å². The van der Waals surface area contributed by atoms with E-state index in [2.05, 4.69) is 10.3 Å². The van der Waals surface area contributed by atoms with Gasteiger partial charge in [-0.1, -0.05) is 13.0 Å². The second kappa shape index (κ2) is 11.9. The first kappa shape index (κ1) is 26.2. The summed E-state index contributed by atoms with van der Waals surface area (Å²) in [5.41, 5.74) is 1.79. The van der Waals surface area contributed by atoms with Crippen molar-refractivity contribution in [3.05, 3.63) is 53.3 Å². The molecule has 28 heavy (non-hydrogen) atoms. The number of carbonyl (C=O) groups is 1. The molecule has 0 amide bonds. The Bertz CT molecular complexity index is 771. The number of ether oxygens (including phenoxy) is 1. The number of hydrogen-bond acceptors (Lipinski definition) is 4. The molecule has 0 spiro atoms. The number of nitrogens with one attached hydrogen (secondary N) is 1. The number of pyridine rings is 1. The predicted octanol–water partition coefficient (Wildman–Crippen LogP) is 4.83. The molecule has 0 aliphatic carbocycles. The van der Waals surface area contributed by atoms with Crippen LogP contribution >= 0.6 is 24.8 Å². The van der Waals surface area contributed by atoms with Gasteiger partial charge in [-0.3, -0.25) is 9.78 Å². The van der Waals surface area contributed by atoms with E-state index in [-0.39, 0.29) is 43.8 Å². The summed E-state index contributed by atoms with van der Waals surface area (Å²) in [4.78, 5) is 15.8. The summed E-state index contributed by atoms with van der Waals surface area (Å²) >= 11 is 0. The van der Waals surface area contributed by atoms with Crippen molar-refractivity contribution < 1.29 is 22.7 Å². The molecule has 9 heteroatoms. The molecule has 0 saturated carbocycles. The number of nitrogens with zero attached hydrogens (tertiary/aromatic N) is 1. The van der Waals surface area contributed by atoms with Gasteiger partial charge in [0.05, 0.1) is 18.6 Å². The highest BCUT2D eigenvalue weighted by Gasteiger charge is 2.31. The van der Waals surface area contributed by atoms with E-state index in [1.54, 1.807) is 25.4 Å². The largest absolute Gasteiger partial charge is 0.466 e. The van der Waals surface area contributed by atoms with Crippen molar-refractivity contribution in [1.82, 2.24) is 10.3 Å². The number of hydrogen-bond donors (Lipinski definition) is 1. The maximum absolute atomic E-state index is 13.0. The lowest BCUT2D eigenvalue weighted by molar-refractivity contribution is -0.142. The van der Waals surface area contributed by atoms with Gasteiger partial charge in [-0.2, -0.15) is 13.2 Å². The molecular formula is C19H23Cl2F3N2O2. The predicted molar refractivity (Wildman–Crippen MR) is 107 cm³/mol. The molecule has 0 radical (unpaired) electrons. The molecule has 1 aromatic carbocycles. The lowest BCUT2D eigenvalue weighted by Gasteiger charge is -2.15. The molecular weight excluding hydrogens is 416 g/mol. The van der Waals surface area contributed by atoms with Gasteiger partial charge < -0.3 is 10.1 Å². The lowest BCUT2D eigenvalue weighted by atomic mass is 9.97. The van der Waals surface area contributed by atoms with Crippen LogP contribution in [0.5, 0.6) is 0 Å². The van der Waals surface area contributed by atoms with Crippen molar-refractivity contribution in [2.75, 3.05) is 13.2 Å². The minimum absolute atomic E-state index is 0. The van der Waals surface area contributed by atoms with Crippen molar-refractivity contribution in [3.8, 4) is 11.1 Å². The topological polar surface area (TPSA) is 51.2 Å². The quantitative estimate of drug-likeness (QED) is 0.629. The van der Waals surface area contributed by atoms with Crippen molar-refractivity contribution in [1.29, 1.82) is 0 Å². The van der Waals surface area contributed by atoms with E-state index in [4.69, 9.17) is 4.74 Å². The molecule has 0 aliphatic rings. The highest BCUT2D eigenvalue weighted by molar-refractivity contribution is 5.85. The van der Waals surface area contributed by atoms with Crippen molar-refractivity contribution >= 4 is 30.8 Å². The van der Waals surface area contributed by atoms with Gasteiger partial charge in [-0.25, -0.2) is 0 Å². The zero-order valence-electron chi connectivity index (χ0n) is 15.5. The first-order valence-electron chi connectivity index (χ1n) is 8.35. The van der Waals surface area contributed by atoms with Crippen LogP contribution < -0.4 is 5.32 Å². The molecule has 0 unspecified atom stereocenters. The van der Waals surface area contributed by atoms with Crippen LogP contribution in [0.2, 0.25) is 0 Å². The number of rotatable bonds is 7. The Morgan fingerprint density at radius 2 is 1.86 bits per heavy atom. The van der Waals surface area contributed by atoms with E-state index in [0.29, 0.717) is 35.3 Å². The maximum atomic E-state index is 13.0. The molecule has 1 aromatic heterocycles. The second-order valence-electron chi connectivity index (χ2n) is 5.71. The monoisotopic (exact) mass is 438 g/mol. The fraction of sp³-hybridized carbons (Fsp3) is 0.368. The Morgan fingerprint density at radius 1 is 1.14 bits per heavy atom. The molecule has 156 valence electrons. The summed E-state index contributed by atoms with van der Waals surface area (Å²) in [6, 6.07) is 5.40. The van der Waals surface area contributed by atoms with Crippen LogP contribution in [0, 0.1) is 0 Å². The first-order chi connectivity index (χ1) is 12.3. The third kappa shape index (κ3) is 7.30. The first-order valence-corrected chi connectivity index (χ1v) is 8.35. The Kier molecular flexibility index (Phi) is 11.1. The minimum Gasteiger partial charge on any atom is -0.466 e. The summed E-state index contributed by atoms with van der Waals surface area (Å²) in [7, 11) is 0. The Labute approximate surface area is 174 Å². The highest BCUT2D eigenvalue weighted by atomic mass is 35.5. The highest BCUT2D eigenvalue weighted by Crippen LogP contribution is 2.33. The van der Waals surface area contributed by atoms with Gasteiger partial charge in [0.25, 0.3) is 0 Å². The number of benzene rings is 1. The van der Waals surface area contributed by atoms with E-state index in [1.165, 1.54) is 6.07 Å². The average molecular weight is 439 g/mol. The summed E-state index contributed by atoms with van der Waals surface area (Å²) in [5.74, 6) is -0.369. The molecule has 0 aliphatic heterocycles. The zero-order valence-corrected chi connectivity index (χ0v) is 17.1. The number of aromatic nitrogens is 1. The minimum atomic E-state index is -4.40. The van der Waals surface area contributed by atoms with Gasteiger partial charge in [0.1, 0.15) is 0 Å². The van der Waals surface area contributed by atoms with Crippen LogP contribution in [-0.4, -0.2) is 24.1 Å². The van der Waals surface area contributed by atoms with Crippen LogP contribution in [-0.2, 0) is 28.7 Å². The molecule has 0 fully saturated rings. The third-order valence-corrected chi connectivity index (χ3v) is 3.76. The normalized spacial score (nSPS) is 10.6. The van der Waals surface area contributed by atoms with Gasteiger partial charge in [0.15, 0.2) is 0 Å². The van der Waals surface area contributed by atoms with Gasteiger partial charge in [-0.05, 0) is 48.4 Å². The van der Waals surface area contributed by atoms with Crippen LogP contribution in [0.15, 0.2) is 36.7 Å². The van der Waals surface area contributed by atoms with Crippen molar-refractivity contribution in [3.63, 3.8) is 0 Å². The summed E-state index contributed by atoms with van der Waals surface area (Å²) in [6.07, 6.45) is -1.21. The Morgan fingerprint density at radius 3 is 2.46 bits per heavy atom. The summed E-state index contributed by atoms with van der Waals surface area (Å²) in [6.45, 7) is 4.84. The Hall–Kier alpha value is -1.83. The SMILES string of the molecule is CCNCc1cc(C(F)(F)F)ccc1-c1cncc(CC(=O)OCC)c1.Cl.Cl. The zero-order chi connectivity index (χ0) is 19.2. The van der Waals surface area contributed by atoms with E-state index in [9.17, 15) is 18.0 Å². The van der Waals surface area contributed by atoms with Crippen LogP contribution in [0.25, 0.3) is 11.1 Å². The molecule has 1 N–H and O–H groups in total. The van der Waals surface area contributed by atoms with E-state index in [0.717, 1.165) is 12.1 Å². The summed E-state index contributed by atoms with van der Waals surface area (Å²) in [5, 5.41) is 3.06.